The van der Waals surface area contributed by atoms with Crippen molar-refractivity contribution >= 4 is 0 Å². The SMILES string of the molecule is C[CH]CCC(CC)CCCCCC. The molecule has 0 saturated heterocycles. The van der Waals surface area contributed by atoms with Crippen molar-refractivity contribution in [1.29, 1.82) is 0 Å². The van der Waals surface area contributed by atoms with Gasteiger partial charge in [0, 0.05) is 0 Å². The monoisotopic (exact) mass is 183 g/mol. The summed E-state index contributed by atoms with van der Waals surface area (Å²) < 4.78 is 0. The summed E-state index contributed by atoms with van der Waals surface area (Å²) in [4.78, 5) is 0. The van der Waals surface area contributed by atoms with Gasteiger partial charge in [0.25, 0.3) is 0 Å². The Bertz CT molecular complexity index is 86.0. The van der Waals surface area contributed by atoms with Gasteiger partial charge in [-0.05, 0) is 12.3 Å². The van der Waals surface area contributed by atoms with Crippen molar-refractivity contribution in [3.63, 3.8) is 0 Å². The van der Waals surface area contributed by atoms with Crippen molar-refractivity contribution in [3.8, 4) is 0 Å². The van der Waals surface area contributed by atoms with Crippen molar-refractivity contribution in [2.24, 2.45) is 5.92 Å². The van der Waals surface area contributed by atoms with Crippen molar-refractivity contribution in [2.75, 3.05) is 0 Å². The van der Waals surface area contributed by atoms with Crippen molar-refractivity contribution in [3.05, 3.63) is 6.42 Å². The zero-order valence-electron chi connectivity index (χ0n) is 9.81. The van der Waals surface area contributed by atoms with Gasteiger partial charge in [0.15, 0.2) is 0 Å². The second kappa shape index (κ2) is 10.1. The molecule has 1 radical (unpaired) electrons. The lowest BCUT2D eigenvalue weighted by atomic mass is 9.93. The Labute approximate surface area is 85.1 Å². The largest absolute Gasteiger partial charge is 0.0654 e. The molecule has 0 heterocycles. The van der Waals surface area contributed by atoms with Gasteiger partial charge in [-0.15, -0.1) is 0 Å². The van der Waals surface area contributed by atoms with Gasteiger partial charge in [0.1, 0.15) is 0 Å². The first-order valence-electron chi connectivity index (χ1n) is 6.12. The van der Waals surface area contributed by atoms with Gasteiger partial charge in [0.05, 0.1) is 0 Å². The standard InChI is InChI=1S/C13H27/c1-4-7-9-10-12-13(6-3)11-8-5-2/h5,13H,4,6-12H2,1-3H3. The number of hydrogen-bond acceptors (Lipinski definition) is 0. The van der Waals surface area contributed by atoms with Crippen LogP contribution >= 0.6 is 0 Å². The third-order valence-electron chi connectivity index (χ3n) is 2.91. The van der Waals surface area contributed by atoms with Crippen LogP contribution in [-0.4, -0.2) is 0 Å². The summed E-state index contributed by atoms with van der Waals surface area (Å²) in [5.41, 5.74) is 0. The van der Waals surface area contributed by atoms with Crippen LogP contribution in [-0.2, 0) is 0 Å². The fraction of sp³-hybridized carbons (Fsp3) is 0.923. The molecule has 0 aromatic heterocycles. The molecule has 0 rings (SSSR count). The molecule has 0 amide bonds. The van der Waals surface area contributed by atoms with Gasteiger partial charge in [-0.3, -0.25) is 0 Å². The summed E-state index contributed by atoms with van der Waals surface area (Å²) in [7, 11) is 0. The third kappa shape index (κ3) is 8.33. The molecule has 0 saturated carbocycles. The van der Waals surface area contributed by atoms with Crippen molar-refractivity contribution < 1.29 is 0 Å². The molecule has 0 aromatic rings. The van der Waals surface area contributed by atoms with Crippen LogP contribution in [0.15, 0.2) is 0 Å². The Morgan fingerprint density at radius 1 is 1.00 bits per heavy atom. The summed E-state index contributed by atoms with van der Waals surface area (Å²) >= 11 is 0. The highest BCUT2D eigenvalue weighted by Crippen LogP contribution is 2.19. The van der Waals surface area contributed by atoms with Crippen LogP contribution in [0.4, 0.5) is 0 Å². The van der Waals surface area contributed by atoms with Gasteiger partial charge < -0.3 is 0 Å². The van der Waals surface area contributed by atoms with E-state index in [1.807, 2.05) is 0 Å². The minimum Gasteiger partial charge on any atom is -0.0654 e. The van der Waals surface area contributed by atoms with Crippen LogP contribution in [0.25, 0.3) is 0 Å². The van der Waals surface area contributed by atoms with Crippen LogP contribution in [0.3, 0.4) is 0 Å². The van der Waals surface area contributed by atoms with Gasteiger partial charge in [0.2, 0.25) is 0 Å². The molecule has 0 aliphatic carbocycles. The molecule has 0 spiro atoms. The average Bonchev–Trinajstić information content (AvgIpc) is 2.17. The maximum Gasteiger partial charge on any atom is -0.0417 e. The van der Waals surface area contributed by atoms with E-state index in [9.17, 15) is 0 Å². The van der Waals surface area contributed by atoms with E-state index >= 15 is 0 Å². The number of rotatable bonds is 9. The van der Waals surface area contributed by atoms with Crippen LogP contribution in [0, 0.1) is 12.3 Å². The van der Waals surface area contributed by atoms with E-state index in [4.69, 9.17) is 0 Å². The maximum absolute atomic E-state index is 2.33. The van der Waals surface area contributed by atoms with Gasteiger partial charge >= 0.3 is 0 Å². The molecular weight excluding hydrogens is 156 g/mol. The van der Waals surface area contributed by atoms with Crippen molar-refractivity contribution in [2.45, 2.75) is 72.1 Å². The minimum atomic E-state index is 0.994. The van der Waals surface area contributed by atoms with Gasteiger partial charge in [-0.25, -0.2) is 0 Å². The summed E-state index contributed by atoms with van der Waals surface area (Å²) in [5, 5.41) is 0. The lowest BCUT2D eigenvalue weighted by Gasteiger charge is -2.13. The zero-order valence-corrected chi connectivity index (χ0v) is 9.81. The maximum atomic E-state index is 2.33. The van der Waals surface area contributed by atoms with Crippen LogP contribution in [0.2, 0.25) is 0 Å². The fourth-order valence-corrected chi connectivity index (χ4v) is 1.81. The molecule has 0 N–H and O–H groups in total. The highest BCUT2D eigenvalue weighted by molar-refractivity contribution is 4.63. The molecule has 1 atom stereocenters. The Kier molecular flexibility index (Phi) is 10.1. The summed E-state index contributed by atoms with van der Waals surface area (Å²) in [5.74, 6) is 0.994. The summed E-state index contributed by atoms with van der Waals surface area (Å²) in [6, 6.07) is 0. The predicted octanol–water partition coefficient (Wildman–Crippen LogP) is 4.99. The first kappa shape index (κ1) is 13.0. The van der Waals surface area contributed by atoms with Crippen LogP contribution in [0.1, 0.15) is 72.1 Å². The molecular formula is C13H27. The average molecular weight is 183 g/mol. The van der Waals surface area contributed by atoms with E-state index in [0.29, 0.717) is 0 Å². The van der Waals surface area contributed by atoms with Gasteiger partial charge in [-0.2, -0.15) is 0 Å². The molecule has 0 aliphatic rings. The Morgan fingerprint density at radius 3 is 2.31 bits per heavy atom. The van der Waals surface area contributed by atoms with Crippen LogP contribution < -0.4 is 0 Å². The molecule has 13 heavy (non-hydrogen) atoms. The number of hydrogen-bond donors (Lipinski definition) is 0. The molecule has 0 nitrogen and oxygen atoms in total. The lowest BCUT2D eigenvalue weighted by molar-refractivity contribution is 0.413. The molecule has 0 fully saturated rings. The first-order valence-corrected chi connectivity index (χ1v) is 6.12. The van der Waals surface area contributed by atoms with E-state index in [1.165, 1.54) is 51.4 Å². The summed E-state index contributed by atoms with van der Waals surface area (Å²) in [6.45, 7) is 6.79. The normalized spacial score (nSPS) is 13.2. The highest BCUT2D eigenvalue weighted by Gasteiger charge is 2.04. The Morgan fingerprint density at radius 2 is 1.77 bits per heavy atom. The molecule has 79 valence electrons. The van der Waals surface area contributed by atoms with E-state index in [1.54, 1.807) is 0 Å². The molecule has 0 bridgehead atoms. The van der Waals surface area contributed by atoms with Gasteiger partial charge in [-0.1, -0.05) is 72.1 Å². The minimum absolute atomic E-state index is 0.994. The number of unbranched alkanes of at least 4 members (excludes halogenated alkanes) is 4. The lowest BCUT2D eigenvalue weighted by Crippen LogP contribution is -1.98. The molecule has 1 unspecified atom stereocenters. The molecule has 0 aromatic carbocycles. The van der Waals surface area contributed by atoms with Crippen molar-refractivity contribution in [1.82, 2.24) is 0 Å². The predicted molar refractivity (Wildman–Crippen MR) is 61.7 cm³/mol. The van der Waals surface area contributed by atoms with E-state index in [2.05, 4.69) is 27.2 Å². The molecule has 0 heteroatoms. The molecule has 0 aliphatic heterocycles. The van der Waals surface area contributed by atoms with Crippen LogP contribution in [0.5, 0.6) is 0 Å². The smallest absolute Gasteiger partial charge is 0.0417 e. The fourth-order valence-electron chi connectivity index (χ4n) is 1.81. The highest BCUT2D eigenvalue weighted by atomic mass is 14.1. The quantitative estimate of drug-likeness (QED) is 0.442. The second-order valence-corrected chi connectivity index (χ2v) is 4.11. The van der Waals surface area contributed by atoms with E-state index < -0.39 is 0 Å². The first-order chi connectivity index (χ1) is 6.35. The Balaban J connectivity index is 3.25. The Hall–Kier alpha value is 0. The topological polar surface area (TPSA) is 0 Å². The third-order valence-corrected chi connectivity index (χ3v) is 2.91. The van der Waals surface area contributed by atoms with E-state index in [0.717, 1.165) is 5.92 Å². The zero-order chi connectivity index (χ0) is 9.94. The summed E-state index contributed by atoms with van der Waals surface area (Å²) in [6.07, 6.45) is 13.6. The second-order valence-electron chi connectivity index (χ2n) is 4.11. The van der Waals surface area contributed by atoms with E-state index in [-0.39, 0.29) is 0 Å².